The van der Waals surface area contributed by atoms with Crippen LogP contribution in [0.4, 0.5) is 0 Å². The molecule has 1 N–H and O–H groups in total. The minimum Gasteiger partial charge on any atom is -0.306 e. The van der Waals surface area contributed by atoms with E-state index in [9.17, 15) is 0 Å². The average molecular weight is 261 g/mol. The maximum Gasteiger partial charge on any atom is 0.0657 e. The number of fused-ring (bicyclic) bond motifs is 2. The van der Waals surface area contributed by atoms with Gasteiger partial charge in [-0.3, -0.25) is 5.10 Å². The van der Waals surface area contributed by atoms with Crippen LogP contribution in [0.25, 0.3) is 0 Å². The highest BCUT2D eigenvalue weighted by Gasteiger charge is 2.34. The Morgan fingerprint density at radius 2 is 2.16 bits per heavy atom. The van der Waals surface area contributed by atoms with E-state index in [1.165, 1.54) is 69.4 Å². The number of aromatic nitrogens is 2. The molecule has 0 saturated carbocycles. The Hall–Kier alpha value is -0.830. The zero-order valence-electron chi connectivity index (χ0n) is 12.4. The fourth-order valence-electron chi connectivity index (χ4n) is 3.89. The first kappa shape index (κ1) is 13.2. The molecule has 3 rings (SSSR count). The van der Waals surface area contributed by atoms with E-state index in [4.69, 9.17) is 0 Å². The number of nitrogens with zero attached hydrogens (tertiary/aromatic N) is 2. The van der Waals surface area contributed by atoms with E-state index < -0.39 is 0 Å². The molecule has 0 amide bonds. The van der Waals surface area contributed by atoms with Gasteiger partial charge in [-0.25, -0.2) is 0 Å². The quantitative estimate of drug-likeness (QED) is 0.845. The molecule has 0 radical (unpaired) electrons. The third kappa shape index (κ3) is 2.71. The number of rotatable bonds is 4. The number of unbranched alkanes of at least 4 members (excludes halogenated alkanes) is 2. The molecule has 0 spiro atoms. The lowest BCUT2D eigenvalue weighted by atomic mass is 9.74. The molecule has 1 aliphatic heterocycles. The van der Waals surface area contributed by atoms with Crippen molar-refractivity contribution in [3.05, 3.63) is 17.0 Å². The summed E-state index contributed by atoms with van der Waals surface area (Å²) in [6, 6.07) is 0. The standard InChI is InChI=1S/C16H27N3/c1-3-4-5-6-15-14-9-13-11-19(2)8-7-12(13)10-16(14)18-17-15/h12-13H,3-11H2,1-2H3,(H,17,18). The van der Waals surface area contributed by atoms with Crippen molar-refractivity contribution in [2.75, 3.05) is 20.1 Å². The summed E-state index contributed by atoms with van der Waals surface area (Å²) in [6.07, 6.45) is 8.97. The molecule has 106 valence electrons. The average Bonchev–Trinajstić information content (AvgIpc) is 2.79. The molecule has 3 nitrogen and oxygen atoms in total. The molecule has 3 heteroatoms. The van der Waals surface area contributed by atoms with Gasteiger partial charge in [-0.2, -0.15) is 5.10 Å². The van der Waals surface area contributed by atoms with Crippen LogP contribution in [0.15, 0.2) is 0 Å². The number of aromatic amines is 1. The smallest absolute Gasteiger partial charge is 0.0657 e. The summed E-state index contributed by atoms with van der Waals surface area (Å²) in [5, 5.41) is 7.94. The van der Waals surface area contributed by atoms with Crippen molar-refractivity contribution in [3.63, 3.8) is 0 Å². The normalized spacial score (nSPS) is 27.1. The van der Waals surface area contributed by atoms with E-state index in [1.807, 2.05) is 0 Å². The molecular formula is C16H27N3. The Kier molecular flexibility index (Phi) is 3.92. The highest BCUT2D eigenvalue weighted by atomic mass is 15.1. The molecule has 19 heavy (non-hydrogen) atoms. The van der Waals surface area contributed by atoms with Gasteiger partial charge in [-0.05, 0) is 63.1 Å². The third-order valence-corrected chi connectivity index (χ3v) is 5.08. The summed E-state index contributed by atoms with van der Waals surface area (Å²) < 4.78 is 0. The Morgan fingerprint density at radius 3 is 3.00 bits per heavy atom. The molecule has 2 aliphatic rings. The zero-order chi connectivity index (χ0) is 13.2. The van der Waals surface area contributed by atoms with Crippen molar-refractivity contribution in [3.8, 4) is 0 Å². The van der Waals surface area contributed by atoms with E-state index in [-0.39, 0.29) is 0 Å². The Morgan fingerprint density at radius 1 is 1.26 bits per heavy atom. The lowest BCUT2D eigenvalue weighted by Gasteiger charge is -2.39. The van der Waals surface area contributed by atoms with Crippen molar-refractivity contribution < 1.29 is 0 Å². The third-order valence-electron chi connectivity index (χ3n) is 5.08. The van der Waals surface area contributed by atoms with Gasteiger partial charge in [0.2, 0.25) is 0 Å². The molecule has 2 atom stereocenters. The van der Waals surface area contributed by atoms with E-state index in [0.717, 1.165) is 11.8 Å². The summed E-state index contributed by atoms with van der Waals surface area (Å²) in [5.41, 5.74) is 4.40. The number of hydrogen-bond acceptors (Lipinski definition) is 2. The van der Waals surface area contributed by atoms with Crippen LogP contribution in [0.2, 0.25) is 0 Å². The Labute approximate surface area is 116 Å². The van der Waals surface area contributed by atoms with Crippen LogP contribution in [0, 0.1) is 11.8 Å². The Bertz CT molecular complexity index is 424. The van der Waals surface area contributed by atoms with E-state index in [2.05, 4.69) is 29.1 Å². The van der Waals surface area contributed by atoms with Crippen molar-refractivity contribution >= 4 is 0 Å². The Balaban J connectivity index is 1.71. The van der Waals surface area contributed by atoms with Gasteiger partial charge in [0, 0.05) is 12.2 Å². The van der Waals surface area contributed by atoms with Gasteiger partial charge in [0.15, 0.2) is 0 Å². The molecule has 1 saturated heterocycles. The number of hydrogen-bond donors (Lipinski definition) is 1. The molecule has 1 aromatic heterocycles. The largest absolute Gasteiger partial charge is 0.306 e. The molecule has 2 heterocycles. The van der Waals surface area contributed by atoms with Crippen LogP contribution in [-0.4, -0.2) is 35.2 Å². The molecule has 1 aromatic rings. The maximum atomic E-state index is 4.61. The number of nitrogens with one attached hydrogen (secondary N) is 1. The molecule has 2 unspecified atom stereocenters. The first-order valence-corrected chi connectivity index (χ1v) is 8.01. The second-order valence-electron chi connectivity index (χ2n) is 6.56. The number of aryl methyl sites for hydroxylation is 1. The first-order valence-electron chi connectivity index (χ1n) is 8.01. The fraction of sp³-hybridized carbons (Fsp3) is 0.812. The summed E-state index contributed by atoms with van der Waals surface area (Å²) in [4.78, 5) is 2.50. The van der Waals surface area contributed by atoms with Crippen LogP contribution in [0.3, 0.4) is 0 Å². The van der Waals surface area contributed by atoms with Crippen molar-refractivity contribution in [1.29, 1.82) is 0 Å². The number of piperidine rings is 1. The predicted molar refractivity (Wildman–Crippen MR) is 78.3 cm³/mol. The van der Waals surface area contributed by atoms with E-state index in [1.54, 1.807) is 5.56 Å². The first-order chi connectivity index (χ1) is 9.28. The highest BCUT2D eigenvalue weighted by molar-refractivity contribution is 5.29. The van der Waals surface area contributed by atoms with E-state index in [0.29, 0.717) is 0 Å². The van der Waals surface area contributed by atoms with Gasteiger partial charge >= 0.3 is 0 Å². The zero-order valence-corrected chi connectivity index (χ0v) is 12.4. The number of likely N-dealkylation sites (tertiary alicyclic amines) is 1. The summed E-state index contributed by atoms with van der Waals surface area (Å²) in [6.45, 7) is 4.82. The van der Waals surface area contributed by atoms with Gasteiger partial charge in [-0.15, -0.1) is 0 Å². The fourth-order valence-corrected chi connectivity index (χ4v) is 3.89. The van der Waals surface area contributed by atoms with Crippen LogP contribution < -0.4 is 0 Å². The van der Waals surface area contributed by atoms with Gasteiger partial charge in [0.05, 0.1) is 5.69 Å². The lowest BCUT2D eigenvalue weighted by Crippen LogP contribution is -2.41. The molecule has 1 aliphatic carbocycles. The summed E-state index contributed by atoms with van der Waals surface area (Å²) in [5.74, 6) is 1.77. The topological polar surface area (TPSA) is 31.9 Å². The second kappa shape index (κ2) is 5.66. The lowest BCUT2D eigenvalue weighted by molar-refractivity contribution is 0.133. The molecular weight excluding hydrogens is 234 g/mol. The minimum absolute atomic E-state index is 0.869. The van der Waals surface area contributed by atoms with E-state index >= 15 is 0 Å². The monoisotopic (exact) mass is 261 g/mol. The van der Waals surface area contributed by atoms with Crippen molar-refractivity contribution in [2.45, 2.75) is 51.9 Å². The minimum atomic E-state index is 0.869. The van der Waals surface area contributed by atoms with Crippen molar-refractivity contribution in [1.82, 2.24) is 15.1 Å². The number of H-pyrrole nitrogens is 1. The van der Waals surface area contributed by atoms with Gasteiger partial charge in [-0.1, -0.05) is 19.8 Å². The SMILES string of the molecule is CCCCCc1n[nH]c2c1CC1CN(C)CCC1C2. The van der Waals surface area contributed by atoms with Crippen LogP contribution in [0.1, 0.15) is 49.6 Å². The van der Waals surface area contributed by atoms with Gasteiger partial charge in [0.25, 0.3) is 0 Å². The van der Waals surface area contributed by atoms with Crippen LogP contribution in [-0.2, 0) is 19.3 Å². The molecule has 1 fully saturated rings. The molecule has 0 aromatic carbocycles. The van der Waals surface area contributed by atoms with Gasteiger partial charge < -0.3 is 4.90 Å². The second-order valence-corrected chi connectivity index (χ2v) is 6.56. The van der Waals surface area contributed by atoms with Gasteiger partial charge in [0.1, 0.15) is 0 Å². The summed E-state index contributed by atoms with van der Waals surface area (Å²) in [7, 11) is 2.27. The summed E-state index contributed by atoms with van der Waals surface area (Å²) >= 11 is 0. The van der Waals surface area contributed by atoms with Crippen molar-refractivity contribution in [2.24, 2.45) is 11.8 Å². The predicted octanol–water partition coefficient (Wildman–Crippen LogP) is 2.81. The highest BCUT2D eigenvalue weighted by Crippen LogP contribution is 2.36. The van der Waals surface area contributed by atoms with Crippen LogP contribution >= 0.6 is 0 Å². The maximum absolute atomic E-state index is 4.61. The molecule has 0 bridgehead atoms. The van der Waals surface area contributed by atoms with Crippen LogP contribution in [0.5, 0.6) is 0 Å².